The van der Waals surface area contributed by atoms with Crippen LogP contribution in [0, 0.1) is 0 Å². The molecule has 0 heterocycles. The summed E-state index contributed by atoms with van der Waals surface area (Å²) in [7, 11) is 0. The maximum Gasteiger partial charge on any atom is 0.407 e. The van der Waals surface area contributed by atoms with Crippen LogP contribution in [0.25, 0.3) is 0 Å². The Bertz CT molecular complexity index is 1070. The van der Waals surface area contributed by atoms with Gasteiger partial charge in [0.2, 0.25) is 0 Å². The quantitative estimate of drug-likeness (QED) is 0.0612. The van der Waals surface area contributed by atoms with Gasteiger partial charge in [-0.1, -0.05) is 39.5 Å². The van der Waals surface area contributed by atoms with E-state index in [2.05, 4.69) is 50.1 Å². The van der Waals surface area contributed by atoms with Gasteiger partial charge in [-0.05, 0) is 0 Å². The standard InChI is InChI=1S/C31H38N2O16/c1-7-22(34)44-16-30(17-45-23(35)8-2,18-46-24(36)9-3)32-28(40)42-14-13-15-43-29(41)33-31(19-47-25(37)10-4,20-48-26(38)11-5)21-49-27(39)12-6/h7-12H,1-6,13-21H2,(H,32,40)(H,33,41). The first-order valence-electron chi connectivity index (χ1n) is 13.9. The average Bonchev–Trinajstić information content (AvgIpc) is 3.11. The van der Waals surface area contributed by atoms with Crippen LogP contribution >= 0.6 is 0 Å². The van der Waals surface area contributed by atoms with E-state index in [-0.39, 0.29) is 19.6 Å². The maximum absolute atomic E-state index is 12.7. The van der Waals surface area contributed by atoms with Gasteiger partial charge >= 0.3 is 48.0 Å². The zero-order valence-corrected chi connectivity index (χ0v) is 26.6. The van der Waals surface area contributed by atoms with Crippen LogP contribution in [0.15, 0.2) is 75.9 Å². The van der Waals surface area contributed by atoms with E-state index in [0.717, 1.165) is 36.5 Å². The van der Waals surface area contributed by atoms with Gasteiger partial charge in [0.25, 0.3) is 0 Å². The van der Waals surface area contributed by atoms with Crippen LogP contribution in [0.4, 0.5) is 9.59 Å². The molecule has 0 saturated carbocycles. The molecule has 0 aliphatic heterocycles. The number of alkyl carbamates (subject to hydrolysis) is 2. The summed E-state index contributed by atoms with van der Waals surface area (Å²) in [6.45, 7) is 14.7. The van der Waals surface area contributed by atoms with E-state index in [1.165, 1.54) is 0 Å². The van der Waals surface area contributed by atoms with E-state index < -0.39 is 98.7 Å². The lowest BCUT2D eigenvalue weighted by atomic mass is 10.0. The SMILES string of the molecule is C=CC(=O)OCC(COC(=O)C=C)(COC(=O)C=C)NC(=O)OCCCOC(=O)NC(COC(=O)C=C)(COC(=O)C=C)COC(=O)C=C. The lowest BCUT2D eigenvalue weighted by Crippen LogP contribution is -2.59. The lowest BCUT2D eigenvalue weighted by molar-refractivity contribution is -0.152. The van der Waals surface area contributed by atoms with E-state index in [4.69, 9.17) is 37.9 Å². The minimum Gasteiger partial charge on any atom is -0.460 e. The monoisotopic (exact) mass is 694 g/mol. The van der Waals surface area contributed by atoms with Crippen molar-refractivity contribution in [2.24, 2.45) is 0 Å². The first-order chi connectivity index (χ1) is 23.2. The van der Waals surface area contributed by atoms with Crippen LogP contribution in [0.5, 0.6) is 0 Å². The molecule has 0 radical (unpaired) electrons. The molecule has 0 aromatic carbocycles. The number of hydrogen-bond donors (Lipinski definition) is 2. The van der Waals surface area contributed by atoms with Crippen molar-refractivity contribution in [2.45, 2.75) is 17.5 Å². The summed E-state index contributed by atoms with van der Waals surface area (Å²) in [5, 5.41) is 4.64. The molecule has 0 aromatic heterocycles. The van der Waals surface area contributed by atoms with Gasteiger partial charge in [-0.15, -0.1) is 0 Å². The summed E-state index contributed by atoms with van der Waals surface area (Å²) in [6.07, 6.45) is 2.53. The van der Waals surface area contributed by atoms with Gasteiger partial charge in [-0.25, -0.2) is 38.4 Å². The third-order valence-electron chi connectivity index (χ3n) is 5.43. The van der Waals surface area contributed by atoms with E-state index >= 15 is 0 Å². The molecule has 268 valence electrons. The molecule has 0 atom stereocenters. The molecular weight excluding hydrogens is 656 g/mol. The molecule has 0 spiro atoms. The van der Waals surface area contributed by atoms with Gasteiger partial charge in [0.1, 0.15) is 50.7 Å². The number of rotatable bonds is 24. The molecule has 0 aliphatic rings. The van der Waals surface area contributed by atoms with Crippen molar-refractivity contribution in [3.63, 3.8) is 0 Å². The van der Waals surface area contributed by atoms with Gasteiger partial charge in [0.15, 0.2) is 0 Å². The van der Waals surface area contributed by atoms with Crippen LogP contribution in [-0.4, -0.2) is 112 Å². The maximum atomic E-state index is 12.7. The number of carbonyl (C=O) groups excluding carboxylic acids is 8. The van der Waals surface area contributed by atoms with Crippen molar-refractivity contribution in [3.8, 4) is 0 Å². The zero-order chi connectivity index (χ0) is 37.3. The van der Waals surface area contributed by atoms with Crippen LogP contribution in [0.2, 0.25) is 0 Å². The number of hydrogen-bond acceptors (Lipinski definition) is 16. The van der Waals surface area contributed by atoms with Crippen molar-refractivity contribution >= 4 is 48.0 Å². The second-order valence-corrected chi connectivity index (χ2v) is 9.31. The Morgan fingerprint density at radius 3 is 0.776 bits per heavy atom. The van der Waals surface area contributed by atoms with Crippen LogP contribution in [0.3, 0.4) is 0 Å². The highest BCUT2D eigenvalue weighted by molar-refractivity contribution is 5.83. The molecule has 2 N–H and O–H groups in total. The summed E-state index contributed by atoms with van der Waals surface area (Å²) in [5.41, 5.74) is -3.68. The molecular formula is C31H38N2O16. The van der Waals surface area contributed by atoms with Crippen LogP contribution in [-0.2, 0) is 66.7 Å². The molecule has 0 saturated heterocycles. The predicted molar refractivity (Wildman–Crippen MR) is 166 cm³/mol. The minimum atomic E-state index is -1.84. The molecule has 0 rings (SSSR count). The Morgan fingerprint density at radius 2 is 0.592 bits per heavy atom. The van der Waals surface area contributed by atoms with Gasteiger partial charge in [0.05, 0.1) is 13.2 Å². The molecule has 18 heteroatoms. The topological polar surface area (TPSA) is 234 Å². The number of nitrogens with one attached hydrogen (secondary N) is 2. The van der Waals surface area contributed by atoms with Crippen molar-refractivity contribution in [1.29, 1.82) is 0 Å². The molecule has 0 aromatic rings. The molecule has 18 nitrogen and oxygen atoms in total. The average molecular weight is 695 g/mol. The number of amides is 2. The first-order valence-corrected chi connectivity index (χ1v) is 13.9. The summed E-state index contributed by atoms with van der Waals surface area (Å²) in [5.74, 6) is -5.50. The third-order valence-corrected chi connectivity index (χ3v) is 5.43. The molecule has 2 amide bonds. The predicted octanol–water partition coefficient (Wildman–Crippen LogP) is 0.682. The molecule has 0 unspecified atom stereocenters. The van der Waals surface area contributed by atoms with Crippen LogP contribution in [0.1, 0.15) is 6.42 Å². The number of ether oxygens (including phenoxy) is 8. The van der Waals surface area contributed by atoms with E-state index in [1.807, 2.05) is 0 Å². The summed E-state index contributed by atoms with van der Waals surface area (Å²) < 4.78 is 40.0. The van der Waals surface area contributed by atoms with Crippen molar-refractivity contribution in [1.82, 2.24) is 10.6 Å². The fourth-order valence-corrected chi connectivity index (χ4v) is 2.97. The Labute approximate surface area is 281 Å². The smallest absolute Gasteiger partial charge is 0.407 e. The summed E-state index contributed by atoms with van der Waals surface area (Å²) in [4.78, 5) is 95.5. The minimum absolute atomic E-state index is 0.106. The second kappa shape index (κ2) is 23.2. The van der Waals surface area contributed by atoms with E-state index in [9.17, 15) is 38.4 Å². The second-order valence-electron chi connectivity index (χ2n) is 9.31. The lowest BCUT2D eigenvalue weighted by Gasteiger charge is -2.32. The van der Waals surface area contributed by atoms with Gasteiger partial charge in [0, 0.05) is 42.9 Å². The van der Waals surface area contributed by atoms with Gasteiger partial charge in [-0.3, -0.25) is 0 Å². The third kappa shape index (κ3) is 18.5. The van der Waals surface area contributed by atoms with Crippen LogP contribution < -0.4 is 10.6 Å². The molecule has 49 heavy (non-hydrogen) atoms. The Hall–Kier alpha value is -6.20. The Balaban J connectivity index is 5.56. The van der Waals surface area contributed by atoms with Gasteiger partial charge in [-0.2, -0.15) is 0 Å². The van der Waals surface area contributed by atoms with Crippen molar-refractivity contribution in [2.75, 3.05) is 52.9 Å². The highest BCUT2D eigenvalue weighted by Gasteiger charge is 2.39. The normalized spacial score (nSPS) is 10.3. The van der Waals surface area contributed by atoms with Crippen molar-refractivity contribution in [3.05, 3.63) is 75.9 Å². The number of esters is 6. The van der Waals surface area contributed by atoms with Crippen molar-refractivity contribution < 1.29 is 76.3 Å². The fourth-order valence-electron chi connectivity index (χ4n) is 2.97. The Morgan fingerprint density at radius 1 is 0.388 bits per heavy atom. The zero-order valence-electron chi connectivity index (χ0n) is 26.6. The molecule has 0 fully saturated rings. The van der Waals surface area contributed by atoms with Gasteiger partial charge < -0.3 is 48.5 Å². The summed E-state index contributed by atoms with van der Waals surface area (Å²) >= 11 is 0. The molecule has 0 aliphatic carbocycles. The van der Waals surface area contributed by atoms with E-state index in [1.54, 1.807) is 0 Å². The first kappa shape index (κ1) is 42.8. The molecule has 0 bridgehead atoms. The van der Waals surface area contributed by atoms with E-state index in [0.29, 0.717) is 0 Å². The summed E-state index contributed by atoms with van der Waals surface area (Å²) in [6, 6.07) is 0. The number of carbonyl (C=O) groups is 8. The highest BCUT2D eigenvalue weighted by atomic mass is 16.6. The highest BCUT2D eigenvalue weighted by Crippen LogP contribution is 2.13. The fraction of sp³-hybridized carbons (Fsp3) is 0.355. The largest absolute Gasteiger partial charge is 0.460 e. The Kier molecular flexibility index (Phi) is 20.2.